The zero-order valence-electron chi connectivity index (χ0n) is 22.3. The molecule has 0 unspecified atom stereocenters. The minimum atomic E-state index is -3.94. The smallest absolute Gasteiger partial charge is 0.363 e. The monoisotopic (exact) mass is 508 g/mol. The van der Waals surface area contributed by atoms with Crippen LogP contribution in [0.3, 0.4) is 0 Å². The third kappa shape index (κ3) is 6.09. The van der Waals surface area contributed by atoms with Gasteiger partial charge >= 0.3 is 7.60 Å². The predicted octanol–water partition coefficient (Wildman–Crippen LogP) is 7.55. The second-order valence-electron chi connectivity index (χ2n) is 12.0. The van der Waals surface area contributed by atoms with Crippen molar-refractivity contribution < 1.29 is 28.2 Å². The Bertz CT molecular complexity index is 863. The number of hydrogen-bond acceptors (Lipinski definition) is 6. The molecule has 0 aromatic heterocycles. The van der Waals surface area contributed by atoms with Gasteiger partial charge in [-0.3, -0.25) is 4.57 Å². The summed E-state index contributed by atoms with van der Waals surface area (Å²) in [6.07, 6.45) is 5.63. The van der Waals surface area contributed by atoms with Crippen molar-refractivity contribution >= 4 is 7.60 Å². The zero-order chi connectivity index (χ0) is 25.3. The molecular weight excluding hydrogens is 463 g/mol. The molecule has 0 radical (unpaired) electrons. The fourth-order valence-corrected chi connectivity index (χ4v) is 8.29. The molecule has 0 saturated heterocycles. The summed E-state index contributed by atoms with van der Waals surface area (Å²) in [5.41, 5.74) is 0.479. The number of rotatable bonds is 8. The van der Waals surface area contributed by atoms with E-state index >= 15 is 0 Å². The number of aliphatic hydroxyl groups excluding tert-OH is 1. The summed E-state index contributed by atoms with van der Waals surface area (Å²) in [5.74, 6) is 2.16. The zero-order valence-corrected chi connectivity index (χ0v) is 23.2. The minimum absolute atomic E-state index is 0.144. The maximum Gasteiger partial charge on any atom is 0.363 e. The van der Waals surface area contributed by atoms with Gasteiger partial charge in [-0.2, -0.15) is 0 Å². The number of ether oxygens (including phenoxy) is 2. The molecule has 2 fully saturated rings. The highest BCUT2D eigenvalue weighted by Crippen LogP contribution is 2.64. The van der Waals surface area contributed by atoms with Gasteiger partial charge in [-0.15, -0.1) is 0 Å². The fourth-order valence-electron chi connectivity index (χ4n) is 6.25. The average Bonchev–Trinajstić information content (AvgIpc) is 3.26. The Morgan fingerprint density at radius 1 is 0.857 bits per heavy atom. The van der Waals surface area contributed by atoms with Gasteiger partial charge in [0.25, 0.3) is 0 Å². The Morgan fingerprint density at radius 3 is 1.89 bits per heavy atom. The van der Waals surface area contributed by atoms with E-state index in [9.17, 15) is 9.67 Å². The summed E-state index contributed by atoms with van der Waals surface area (Å²) in [7, 11) is -3.94. The summed E-state index contributed by atoms with van der Waals surface area (Å²) in [6.45, 7) is 13.4. The van der Waals surface area contributed by atoms with Crippen molar-refractivity contribution in [2.75, 3.05) is 6.79 Å². The number of benzene rings is 1. The Labute approximate surface area is 211 Å². The molecule has 1 aromatic carbocycles. The molecule has 7 heteroatoms. The summed E-state index contributed by atoms with van der Waals surface area (Å²) in [5, 5.41) is 11.6. The first kappa shape index (κ1) is 27.0. The first-order valence-corrected chi connectivity index (χ1v) is 15.2. The molecule has 7 atom stereocenters. The van der Waals surface area contributed by atoms with Crippen LogP contribution in [-0.2, 0) is 13.6 Å². The first-order chi connectivity index (χ1) is 16.6. The minimum Gasteiger partial charge on any atom is -0.454 e. The van der Waals surface area contributed by atoms with Gasteiger partial charge < -0.3 is 23.6 Å². The van der Waals surface area contributed by atoms with Crippen LogP contribution in [0, 0.1) is 35.5 Å². The van der Waals surface area contributed by atoms with Gasteiger partial charge in [0.15, 0.2) is 17.3 Å². The maximum atomic E-state index is 14.7. The van der Waals surface area contributed by atoms with Crippen molar-refractivity contribution in [1.29, 1.82) is 0 Å². The molecule has 3 aliphatic rings. The summed E-state index contributed by atoms with van der Waals surface area (Å²) >= 11 is 0. The second-order valence-corrected chi connectivity index (χ2v) is 14.0. The molecule has 198 valence electrons. The van der Waals surface area contributed by atoms with Gasteiger partial charge in [-0.05, 0) is 78.9 Å². The molecule has 0 bridgehead atoms. The second kappa shape index (κ2) is 11.1. The highest BCUT2D eigenvalue weighted by atomic mass is 31.2. The Kier molecular flexibility index (Phi) is 8.58. The van der Waals surface area contributed by atoms with Gasteiger partial charge in [0.2, 0.25) is 6.79 Å². The lowest BCUT2D eigenvalue weighted by Gasteiger charge is -2.42. The van der Waals surface area contributed by atoms with E-state index in [-0.39, 0.29) is 19.0 Å². The van der Waals surface area contributed by atoms with Gasteiger partial charge in [-0.25, -0.2) is 0 Å². The molecule has 2 aliphatic carbocycles. The Balaban J connectivity index is 1.67. The van der Waals surface area contributed by atoms with Gasteiger partial charge in [0.05, 0.1) is 12.2 Å². The van der Waals surface area contributed by atoms with Crippen LogP contribution in [0.2, 0.25) is 0 Å². The van der Waals surface area contributed by atoms with Crippen molar-refractivity contribution in [1.82, 2.24) is 0 Å². The summed E-state index contributed by atoms with van der Waals surface area (Å²) in [6, 6.07) is 5.20. The van der Waals surface area contributed by atoms with Crippen molar-refractivity contribution in [2.24, 2.45) is 35.5 Å². The lowest BCUT2D eigenvalue weighted by atomic mass is 9.75. The quantitative estimate of drug-likeness (QED) is 0.365. The highest BCUT2D eigenvalue weighted by Gasteiger charge is 2.46. The van der Waals surface area contributed by atoms with Crippen LogP contribution < -0.4 is 9.47 Å². The first-order valence-electron chi connectivity index (χ1n) is 13.6. The van der Waals surface area contributed by atoms with E-state index in [1.807, 2.05) is 0 Å². The molecule has 35 heavy (non-hydrogen) atoms. The highest BCUT2D eigenvalue weighted by molar-refractivity contribution is 7.54. The third-order valence-corrected chi connectivity index (χ3v) is 10.5. The number of hydrogen-bond donors (Lipinski definition) is 1. The average molecular weight is 509 g/mol. The third-order valence-electron chi connectivity index (χ3n) is 8.48. The molecule has 1 aliphatic heterocycles. The van der Waals surface area contributed by atoms with Crippen LogP contribution in [0.25, 0.3) is 0 Å². The van der Waals surface area contributed by atoms with Crippen molar-refractivity contribution in [3.05, 3.63) is 23.8 Å². The van der Waals surface area contributed by atoms with E-state index in [4.69, 9.17) is 18.5 Å². The summed E-state index contributed by atoms with van der Waals surface area (Å²) < 4.78 is 38.8. The van der Waals surface area contributed by atoms with Gasteiger partial charge in [0, 0.05) is 0 Å². The van der Waals surface area contributed by atoms with E-state index in [0.717, 1.165) is 38.5 Å². The summed E-state index contributed by atoms with van der Waals surface area (Å²) in [4.78, 5) is 0. The van der Waals surface area contributed by atoms with Crippen molar-refractivity contribution in [3.8, 4) is 11.5 Å². The van der Waals surface area contributed by atoms with Crippen LogP contribution in [0.15, 0.2) is 18.2 Å². The molecule has 4 rings (SSSR count). The van der Waals surface area contributed by atoms with E-state index in [1.54, 1.807) is 18.2 Å². The number of aliphatic hydroxyl groups is 1. The van der Waals surface area contributed by atoms with Crippen LogP contribution in [0.5, 0.6) is 11.5 Å². The lowest BCUT2D eigenvalue weighted by molar-refractivity contribution is -0.0154. The van der Waals surface area contributed by atoms with Crippen molar-refractivity contribution in [3.63, 3.8) is 0 Å². The molecular formula is C28H45O6P. The molecule has 1 heterocycles. The van der Waals surface area contributed by atoms with Gasteiger partial charge in [-0.1, -0.05) is 60.5 Å². The molecule has 2 saturated carbocycles. The standard InChI is InChI=1S/C28H45O6P/c1-17(2)22-10-7-19(5)13-25(22)33-35(30,34-26-14-20(6)8-11-23(26)18(3)4)28(29)21-9-12-24-27(15-21)32-16-31-24/h9,12,15,17-20,22-23,25-26,28-29H,7-8,10-11,13-14,16H2,1-6H3/t19-,20-,22-,23-,25-,26-,28-/m1/s1. The van der Waals surface area contributed by atoms with Crippen LogP contribution >= 0.6 is 7.60 Å². The Hall–Kier alpha value is -1.07. The van der Waals surface area contributed by atoms with Crippen LogP contribution in [0.4, 0.5) is 0 Å². The molecule has 0 spiro atoms. The fraction of sp³-hybridized carbons (Fsp3) is 0.786. The number of fused-ring (bicyclic) bond motifs is 1. The van der Waals surface area contributed by atoms with Crippen molar-refractivity contribution in [2.45, 2.75) is 98.1 Å². The molecule has 1 aromatic rings. The molecule has 6 nitrogen and oxygen atoms in total. The largest absolute Gasteiger partial charge is 0.454 e. The SMILES string of the molecule is CC(C)[C@H]1CC[C@@H](C)C[C@H]1OP(=O)(O[C@@H]1C[C@H](C)CC[C@@H]1C(C)C)[C@@H](O)c1ccc2c(c1)OCO2. The molecule has 0 amide bonds. The maximum absolute atomic E-state index is 14.7. The van der Waals surface area contributed by atoms with Gasteiger partial charge in [0.1, 0.15) is 0 Å². The van der Waals surface area contributed by atoms with E-state index in [0.29, 0.717) is 52.6 Å². The van der Waals surface area contributed by atoms with E-state index in [2.05, 4.69) is 41.5 Å². The predicted molar refractivity (Wildman–Crippen MR) is 138 cm³/mol. The lowest BCUT2D eigenvalue weighted by Crippen LogP contribution is -2.37. The molecule has 1 N–H and O–H groups in total. The van der Waals surface area contributed by atoms with Crippen LogP contribution in [0.1, 0.15) is 91.5 Å². The van der Waals surface area contributed by atoms with Crippen LogP contribution in [-0.4, -0.2) is 24.1 Å². The van der Waals surface area contributed by atoms with E-state index < -0.39 is 13.4 Å². The topological polar surface area (TPSA) is 74.2 Å². The van der Waals surface area contributed by atoms with E-state index in [1.165, 1.54) is 0 Å². The normalized spacial score (nSPS) is 32.3. The Morgan fingerprint density at radius 2 is 1.37 bits per heavy atom.